The van der Waals surface area contributed by atoms with Crippen LogP contribution in [0.5, 0.6) is 17.2 Å². The summed E-state index contributed by atoms with van der Waals surface area (Å²) in [6, 6.07) is 12.5. The van der Waals surface area contributed by atoms with E-state index >= 15 is 0 Å². The Balaban J connectivity index is 1.60. The molecule has 7 heteroatoms. The van der Waals surface area contributed by atoms with E-state index < -0.39 is 24.1 Å². The number of methoxy groups -OCH3 is 1. The van der Waals surface area contributed by atoms with Crippen LogP contribution < -0.4 is 19.5 Å². The third-order valence-electron chi connectivity index (χ3n) is 4.05. The minimum Gasteiger partial charge on any atom is -0.495 e. The van der Waals surface area contributed by atoms with Crippen molar-refractivity contribution in [3.05, 3.63) is 48.0 Å². The molecule has 0 aromatic heterocycles. The zero-order valence-corrected chi connectivity index (χ0v) is 15.4. The van der Waals surface area contributed by atoms with Gasteiger partial charge in [-0.1, -0.05) is 18.2 Å². The topological polar surface area (TPSA) is 83.1 Å². The molecule has 1 aliphatic rings. The molecule has 27 heavy (non-hydrogen) atoms. The number of para-hydroxylation sites is 2. The summed E-state index contributed by atoms with van der Waals surface area (Å²) in [6.07, 6.45) is -1.94. The molecule has 0 unspecified atom stereocenters. The van der Waals surface area contributed by atoms with Crippen LogP contribution >= 0.6 is 0 Å². The number of hydrogen-bond donors (Lipinski definition) is 1. The fourth-order valence-electron chi connectivity index (χ4n) is 2.59. The Bertz CT molecular complexity index is 850. The number of anilines is 1. The molecule has 3 rings (SSSR count). The maximum Gasteiger partial charge on any atom is 0.351 e. The summed E-state index contributed by atoms with van der Waals surface area (Å²) >= 11 is 0. The Morgan fingerprint density at radius 1 is 1.19 bits per heavy atom. The summed E-state index contributed by atoms with van der Waals surface area (Å²) in [5.41, 5.74) is 1.47. The van der Waals surface area contributed by atoms with Crippen LogP contribution in [0.3, 0.4) is 0 Å². The van der Waals surface area contributed by atoms with Gasteiger partial charge in [-0.3, -0.25) is 4.79 Å². The van der Waals surface area contributed by atoms with Crippen LogP contribution in [0.2, 0.25) is 0 Å². The van der Waals surface area contributed by atoms with E-state index in [0.29, 0.717) is 22.9 Å². The molecule has 1 N–H and O–H groups in total. The molecule has 2 aromatic rings. The quantitative estimate of drug-likeness (QED) is 0.814. The standard InChI is InChI=1S/C20H21NO6/c1-12-8-9-15(24-3)14(10-12)21-19(22)13(2)26-20(23)18-11-25-16-6-4-5-7-17(16)27-18/h4-10,13,18H,11H2,1-3H3,(H,21,22)/t13-,18+/m0/s1. The second kappa shape index (κ2) is 7.99. The highest BCUT2D eigenvalue weighted by atomic mass is 16.6. The Morgan fingerprint density at radius 2 is 1.93 bits per heavy atom. The summed E-state index contributed by atoms with van der Waals surface area (Å²) in [5.74, 6) is 0.423. The predicted molar refractivity (Wildman–Crippen MR) is 98.3 cm³/mol. The monoisotopic (exact) mass is 371 g/mol. The van der Waals surface area contributed by atoms with Crippen molar-refractivity contribution in [2.24, 2.45) is 0 Å². The van der Waals surface area contributed by atoms with E-state index in [1.54, 1.807) is 30.3 Å². The summed E-state index contributed by atoms with van der Waals surface area (Å²) < 4.78 is 21.6. The molecule has 1 amide bonds. The number of hydrogen-bond acceptors (Lipinski definition) is 6. The van der Waals surface area contributed by atoms with Crippen molar-refractivity contribution >= 4 is 17.6 Å². The van der Waals surface area contributed by atoms with E-state index in [0.717, 1.165) is 5.56 Å². The summed E-state index contributed by atoms with van der Waals surface area (Å²) in [4.78, 5) is 24.7. The van der Waals surface area contributed by atoms with Crippen molar-refractivity contribution in [1.82, 2.24) is 0 Å². The molecule has 0 radical (unpaired) electrons. The van der Waals surface area contributed by atoms with E-state index in [1.165, 1.54) is 14.0 Å². The third-order valence-corrected chi connectivity index (χ3v) is 4.05. The molecule has 1 heterocycles. The fourth-order valence-corrected chi connectivity index (χ4v) is 2.59. The molecule has 2 atom stereocenters. The van der Waals surface area contributed by atoms with E-state index in [1.807, 2.05) is 19.1 Å². The molecule has 0 saturated heterocycles. The Morgan fingerprint density at radius 3 is 2.67 bits per heavy atom. The van der Waals surface area contributed by atoms with Crippen molar-refractivity contribution < 1.29 is 28.5 Å². The second-order valence-corrected chi connectivity index (χ2v) is 6.14. The Kier molecular flexibility index (Phi) is 5.49. The molecular formula is C20H21NO6. The van der Waals surface area contributed by atoms with Gasteiger partial charge >= 0.3 is 5.97 Å². The number of carbonyl (C=O) groups excluding carboxylic acids is 2. The van der Waals surface area contributed by atoms with E-state index in [2.05, 4.69) is 5.32 Å². The molecular weight excluding hydrogens is 350 g/mol. The first-order valence-electron chi connectivity index (χ1n) is 8.52. The maximum absolute atomic E-state index is 12.4. The SMILES string of the molecule is COc1ccc(C)cc1NC(=O)[C@H](C)OC(=O)[C@H]1COc2ccccc2O1. The second-order valence-electron chi connectivity index (χ2n) is 6.14. The largest absolute Gasteiger partial charge is 0.495 e. The smallest absolute Gasteiger partial charge is 0.351 e. The highest BCUT2D eigenvalue weighted by molar-refractivity contribution is 5.96. The lowest BCUT2D eigenvalue weighted by atomic mass is 10.2. The number of aryl methyl sites for hydroxylation is 1. The first kappa shape index (κ1) is 18.6. The lowest BCUT2D eigenvalue weighted by Crippen LogP contribution is -2.41. The van der Waals surface area contributed by atoms with E-state index in [9.17, 15) is 9.59 Å². The average Bonchev–Trinajstić information content (AvgIpc) is 2.67. The van der Waals surface area contributed by atoms with Crippen LogP contribution in [0.4, 0.5) is 5.69 Å². The van der Waals surface area contributed by atoms with Gasteiger partial charge in [0.2, 0.25) is 6.10 Å². The normalized spacial score (nSPS) is 16.2. The summed E-state index contributed by atoms with van der Waals surface area (Å²) in [6.45, 7) is 3.42. The Hall–Kier alpha value is -3.22. The number of esters is 1. The van der Waals surface area contributed by atoms with Crippen molar-refractivity contribution in [3.63, 3.8) is 0 Å². The van der Waals surface area contributed by atoms with Gasteiger partial charge in [0.15, 0.2) is 17.6 Å². The number of nitrogens with one attached hydrogen (secondary N) is 1. The van der Waals surface area contributed by atoms with Gasteiger partial charge in [-0.05, 0) is 43.7 Å². The van der Waals surface area contributed by atoms with Crippen molar-refractivity contribution in [1.29, 1.82) is 0 Å². The van der Waals surface area contributed by atoms with Gasteiger partial charge in [-0.25, -0.2) is 4.79 Å². The zero-order valence-electron chi connectivity index (χ0n) is 15.4. The molecule has 0 saturated carbocycles. The number of benzene rings is 2. The van der Waals surface area contributed by atoms with Crippen LogP contribution in [0.1, 0.15) is 12.5 Å². The molecule has 2 aromatic carbocycles. The lowest BCUT2D eigenvalue weighted by Gasteiger charge is -2.26. The van der Waals surface area contributed by atoms with Gasteiger partial charge in [0.25, 0.3) is 5.91 Å². The Labute approximate surface area is 157 Å². The van der Waals surface area contributed by atoms with E-state index in [-0.39, 0.29) is 6.61 Å². The van der Waals surface area contributed by atoms with Crippen LogP contribution in [0.25, 0.3) is 0 Å². The molecule has 0 aliphatic carbocycles. The molecule has 0 bridgehead atoms. The van der Waals surface area contributed by atoms with Crippen LogP contribution in [0, 0.1) is 6.92 Å². The number of rotatable bonds is 5. The fraction of sp³-hybridized carbons (Fsp3) is 0.300. The van der Waals surface area contributed by atoms with Crippen LogP contribution in [-0.2, 0) is 14.3 Å². The van der Waals surface area contributed by atoms with Gasteiger partial charge < -0.3 is 24.3 Å². The van der Waals surface area contributed by atoms with Crippen molar-refractivity contribution in [2.75, 3.05) is 19.0 Å². The highest BCUT2D eigenvalue weighted by Gasteiger charge is 2.31. The number of ether oxygens (including phenoxy) is 4. The first-order valence-corrected chi connectivity index (χ1v) is 8.52. The zero-order chi connectivity index (χ0) is 19.4. The third kappa shape index (κ3) is 4.31. The average molecular weight is 371 g/mol. The minimum absolute atomic E-state index is 0.0237. The first-order chi connectivity index (χ1) is 13.0. The van der Waals surface area contributed by atoms with Gasteiger partial charge in [0, 0.05) is 0 Å². The van der Waals surface area contributed by atoms with Gasteiger partial charge in [0.05, 0.1) is 12.8 Å². The van der Waals surface area contributed by atoms with Gasteiger partial charge in [-0.15, -0.1) is 0 Å². The highest BCUT2D eigenvalue weighted by Crippen LogP contribution is 2.31. The number of amides is 1. The summed E-state index contributed by atoms with van der Waals surface area (Å²) in [7, 11) is 1.52. The van der Waals surface area contributed by atoms with Gasteiger partial charge in [0.1, 0.15) is 12.4 Å². The van der Waals surface area contributed by atoms with Crippen molar-refractivity contribution in [3.8, 4) is 17.2 Å². The molecule has 0 spiro atoms. The van der Waals surface area contributed by atoms with Crippen LogP contribution in [-0.4, -0.2) is 37.8 Å². The molecule has 142 valence electrons. The van der Waals surface area contributed by atoms with E-state index in [4.69, 9.17) is 18.9 Å². The molecule has 0 fully saturated rings. The predicted octanol–water partition coefficient (Wildman–Crippen LogP) is 2.71. The van der Waals surface area contributed by atoms with Crippen LogP contribution in [0.15, 0.2) is 42.5 Å². The summed E-state index contributed by atoms with van der Waals surface area (Å²) in [5, 5.41) is 2.71. The molecule has 1 aliphatic heterocycles. The lowest BCUT2D eigenvalue weighted by molar-refractivity contribution is -0.162. The maximum atomic E-state index is 12.4. The molecule has 7 nitrogen and oxygen atoms in total. The number of fused-ring (bicyclic) bond motifs is 1. The number of carbonyl (C=O) groups is 2. The van der Waals surface area contributed by atoms with Crippen molar-refractivity contribution in [2.45, 2.75) is 26.1 Å². The minimum atomic E-state index is -1.01. The van der Waals surface area contributed by atoms with Gasteiger partial charge in [-0.2, -0.15) is 0 Å².